The second-order valence-electron chi connectivity index (χ2n) is 9.17. The first kappa shape index (κ1) is 23.5. The molecule has 0 fully saturated rings. The molecule has 0 radical (unpaired) electrons. The van der Waals surface area contributed by atoms with Gasteiger partial charge in [0.2, 0.25) is 5.88 Å². The third-order valence-corrected chi connectivity index (χ3v) is 5.26. The van der Waals surface area contributed by atoms with Crippen molar-refractivity contribution in [1.82, 2.24) is 29.5 Å². The number of halogens is 1. The molecule has 178 valence electrons. The lowest BCUT2D eigenvalue weighted by Crippen LogP contribution is -2.32. The highest BCUT2D eigenvalue weighted by Gasteiger charge is 2.18. The highest BCUT2D eigenvalue weighted by atomic mass is 35.5. The first-order chi connectivity index (χ1) is 16.1. The van der Waals surface area contributed by atoms with Crippen molar-refractivity contribution in [2.45, 2.75) is 13.8 Å². The molecule has 0 saturated carbocycles. The Hall–Kier alpha value is -3.63. The Morgan fingerprint density at radius 3 is 2.76 bits per heavy atom. The van der Waals surface area contributed by atoms with Crippen molar-refractivity contribution >= 4 is 34.8 Å². The molecule has 3 heterocycles. The molecule has 0 saturated heterocycles. The van der Waals surface area contributed by atoms with Gasteiger partial charge in [0.1, 0.15) is 11.5 Å². The average molecular weight is 483 g/mol. The Kier molecular flexibility index (Phi) is 6.45. The molecule has 0 atom stereocenters. The number of anilines is 2. The molecule has 0 aliphatic heterocycles. The Labute approximate surface area is 200 Å². The molecule has 0 aliphatic rings. The summed E-state index contributed by atoms with van der Waals surface area (Å²) in [5, 5.41) is 18.9. The Balaban J connectivity index is 1.86. The summed E-state index contributed by atoms with van der Waals surface area (Å²) in [6.07, 6.45) is 3.21. The van der Waals surface area contributed by atoms with Crippen LogP contribution in [0.5, 0.6) is 5.88 Å². The summed E-state index contributed by atoms with van der Waals surface area (Å²) in [5.41, 5.74) is 1.58. The maximum atomic E-state index is 11.5. The zero-order valence-electron chi connectivity index (χ0n) is 19.4. The zero-order chi connectivity index (χ0) is 24.5. The number of hydrogen-bond donors (Lipinski definition) is 4. The monoisotopic (exact) mass is 482 g/mol. The molecule has 0 aliphatic carbocycles. The minimum Gasteiger partial charge on any atom is -0.493 e. The normalized spacial score (nSPS) is 13.4. The molecule has 4 rings (SSSR count). The zero-order valence-corrected chi connectivity index (χ0v) is 20.2. The van der Waals surface area contributed by atoms with Crippen LogP contribution in [0.15, 0.2) is 46.3 Å². The lowest BCUT2D eigenvalue weighted by Gasteiger charge is -2.26. The number of H-pyrrole nitrogens is 2. The first-order valence-corrected chi connectivity index (χ1v) is 11.1. The van der Waals surface area contributed by atoms with Gasteiger partial charge in [-0.05, 0) is 43.8 Å². The maximum absolute atomic E-state index is 11.5. The predicted octanol–water partition coefficient (Wildman–Crippen LogP) is 1.88. The molecule has 0 amide bonds. The van der Waals surface area contributed by atoms with Crippen LogP contribution in [0.4, 0.5) is 11.5 Å². The Bertz CT molecular complexity index is 1500. The molecule has 1 aromatic carbocycles. The first-order valence-electron chi connectivity index (χ1n) is 10.7. The van der Waals surface area contributed by atoms with Crippen molar-refractivity contribution in [2.24, 2.45) is 10.4 Å². The van der Waals surface area contributed by atoms with Crippen LogP contribution < -0.4 is 21.7 Å². The second kappa shape index (κ2) is 9.32. The summed E-state index contributed by atoms with van der Waals surface area (Å²) < 4.78 is 1.64. The van der Waals surface area contributed by atoms with Crippen molar-refractivity contribution in [3.63, 3.8) is 0 Å². The summed E-state index contributed by atoms with van der Waals surface area (Å²) in [6, 6.07) is 9.16. The molecule has 34 heavy (non-hydrogen) atoms. The minimum absolute atomic E-state index is 0.0574. The van der Waals surface area contributed by atoms with Crippen LogP contribution in [0, 0.1) is 5.41 Å². The molecule has 0 bridgehead atoms. The number of rotatable bonds is 7. The SMILES string of the molecule is CN(C)CC(C)(C)CN=c1cc(Nc2cccc(Cl)c2)nc2/c(=C/c3[nH]c(=O)[nH]c3O)cnn12. The van der Waals surface area contributed by atoms with Crippen LogP contribution in [0.1, 0.15) is 19.5 Å². The lowest BCUT2D eigenvalue weighted by molar-refractivity contribution is 0.247. The van der Waals surface area contributed by atoms with Crippen molar-refractivity contribution in [3.05, 3.63) is 68.4 Å². The number of nitrogens with one attached hydrogen (secondary N) is 3. The number of benzene rings is 1. The van der Waals surface area contributed by atoms with Crippen LogP contribution in [-0.4, -0.2) is 61.8 Å². The van der Waals surface area contributed by atoms with Gasteiger partial charge >= 0.3 is 5.69 Å². The highest BCUT2D eigenvalue weighted by Crippen LogP contribution is 2.19. The van der Waals surface area contributed by atoms with Crippen molar-refractivity contribution < 1.29 is 5.11 Å². The van der Waals surface area contributed by atoms with Gasteiger partial charge in [0, 0.05) is 35.1 Å². The largest absolute Gasteiger partial charge is 0.493 e. The van der Waals surface area contributed by atoms with Crippen molar-refractivity contribution in [1.29, 1.82) is 0 Å². The topological polar surface area (TPSA) is 127 Å². The third-order valence-electron chi connectivity index (χ3n) is 5.03. The maximum Gasteiger partial charge on any atom is 0.326 e. The number of fused-ring (bicyclic) bond motifs is 1. The summed E-state index contributed by atoms with van der Waals surface area (Å²) in [6.45, 7) is 5.77. The van der Waals surface area contributed by atoms with Gasteiger partial charge < -0.3 is 20.3 Å². The van der Waals surface area contributed by atoms with E-state index in [1.807, 2.05) is 32.3 Å². The molecular weight excluding hydrogens is 456 g/mol. The summed E-state index contributed by atoms with van der Waals surface area (Å²) in [4.78, 5) is 28.1. The minimum atomic E-state index is -0.504. The summed E-state index contributed by atoms with van der Waals surface area (Å²) in [7, 11) is 4.07. The van der Waals surface area contributed by atoms with E-state index < -0.39 is 5.69 Å². The number of aromatic amines is 2. The van der Waals surface area contributed by atoms with E-state index in [1.54, 1.807) is 28.9 Å². The smallest absolute Gasteiger partial charge is 0.326 e. The number of nitrogens with zero attached hydrogens (tertiary/aromatic N) is 5. The van der Waals surface area contributed by atoms with E-state index in [1.165, 1.54) is 0 Å². The van der Waals surface area contributed by atoms with E-state index in [2.05, 4.69) is 39.1 Å². The molecular formula is C23H27ClN8O2. The van der Waals surface area contributed by atoms with E-state index in [-0.39, 0.29) is 17.0 Å². The van der Waals surface area contributed by atoms with Crippen molar-refractivity contribution in [3.8, 4) is 5.88 Å². The molecule has 10 nitrogen and oxygen atoms in total. The van der Waals surface area contributed by atoms with Crippen LogP contribution in [0.3, 0.4) is 0 Å². The van der Waals surface area contributed by atoms with Crippen LogP contribution in [0.25, 0.3) is 11.7 Å². The van der Waals surface area contributed by atoms with Gasteiger partial charge in [0.05, 0.1) is 6.20 Å². The number of imidazole rings is 1. The molecule has 11 heteroatoms. The van der Waals surface area contributed by atoms with Gasteiger partial charge in [-0.25, -0.2) is 9.78 Å². The van der Waals surface area contributed by atoms with Gasteiger partial charge in [-0.1, -0.05) is 31.5 Å². The molecule has 4 N–H and O–H groups in total. The fourth-order valence-corrected chi connectivity index (χ4v) is 4.00. The summed E-state index contributed by atoms with van der Waals surface area (Å²) in [5.74, 6) is 0.300. The molecule has 4 aromatic rings. The number of hydrogen-bond acceptors (Lipinski definition) is 7. The van der Waals surface area contributed by atoms with Gasteiger partial charge in [-0.2, -0.15) is 9.61 Å². The third kappa shape index (κ3) is 5.46. The highest BCUT2D eigenvalue weighted by molar-refractivity contribution is 6.30. The van der Waals surface area contributed by atoms with Gasteiger partial charge in [-0.3, -0.25) is 9.98 Å². The quantitative estimate of drug-likeness (QED) is 0.318. The lowest BCUT2D eigenvalue weighted by atomic mass is 9.93. The van der Waals surface area contributed by atoms with Crippen molar-refractivity contribution in [2.75, 3.05) is 32.5 Å². The Morgan fingerprint density at radius 2 is 2.09 bits per heavy atom. The predicted molar refractivity (Wildman–Crippen MR) is 132 cm³/mol. The molecule has 0 spiro atoms. The van der Waals surface area contributed by atoms with E-state index in [0.29, 0.717) is 33.7 Å². The van der Waals surface area contributed by atoms with E-state index in [9.17, 15) is 9.90 Å². The average Bonchev–Trinajstić information content (AvgIpc) is 3.28. The molecule has 3 aromatic heterocycles. The number of aromatic nitrogens is 5. The van der Waals surface area contributed by atoms with Crippen LogP contribution in [-0.2, 0) is 0 Å². The van der Waals surface area contributed by atoms with E-state index in [4.69, 9.17) is 21.6 Å². The van der Waals surface area contributed by atoms with Crippen LogP contribution in [0.2, 0.25) is 5.02 Å². The van der Waals surface area contributed by atoms with Gasteiger partial charge in [0.25, 0.3) is 0 Å². The fraction of sp³-hybridized carbons (Fsp3) is 0.304. The summed E-state index contributed by atoms with van der Waals surface area (Å²) >= 11 is 6.14. The molecule has 0 unspecified atom stereocenters. The van der Waals surface area contributed by atoms with E-state index in [0.717, 1.165) is 12.2 Å². The van der Waals surface area contributed by atoms with Gasteiger partial charge in [0.15, 0.2) is 11.1 Å². The van der Waals surface area contributed by atoms with Gasteiger partial charge in [-0.15, -0.1) is 0 Å². The number of aromatic hydroxyl groups is 1. The standard InChI is InChI=1S/C23H27ClN8O2/c1-23(2,13-31(3)4)12-25-19-10-18(27-16-7-5-6-15(24)9-16)29-20-14(11-26-32(19)20)8-17-21(33)30-22(34)28-17/h5-11,27,33H,12-13H2,1-4H3,(H2,28,30,34)/b14-8+,25-19?. The van der Waals surface area contributed by atoms with Crippen LogP contribution >= 0.6 is 11.6 Å². The Morgan fingerprint density at radius 1 is 1.29 bits per heavy atom. The fourth-order valence-electron chi connectivity index (χ4n) is 3.81. The van der Waals surface area contributed by atoms with E-state index >= 15 is 0 Å². The second-order valence-corrected chi connectivity index (χ2v) is 9.61.